The number of rotatable bonds is 6. The van der Waals surface area contributed by atoms with Crippen molar-refractivity contribution < 1.29 is 32.9 Å². The lowest BCUT2D eigenvalue weighted by atomic mass is 10.2. The average molecular weight is 450 g/mol. The number of amides is 1. The number of hydrogen-bond acceptors (Lipinski definition) is 7. The second-order valence-electron chi connectivity index (χ2n) is 6.87. The fraction of sp³-hybridized carbons (Fsp3) is 0.125. The lowest BCUT2D eigenvalue weighted by molar-refractivity contribution is 0.0729. The van der Waals surface area contributed by atoms with Crippen molar-refractivity contribution in [2.75, 3.05) is 20.3 Å². The molecule has 1 N–H and O–H groups in total. The molecule has 0 bridgehead atoms. The summed E-state index contributed by atoms with van der Waals surface area (Å²) >= 11 is 0. The van der Waals surface area contributed by atoms with Gasteiger partial charge >= 0.3 is 5.97 Å². The number of nitrogens with one attached hydrogen (secondary N) is 1. The van der Waals surface area contributed by atoms with E-state index in [2.05, 4.69) is 10.5 Å². The maximum Gasteiger partial charge on any atom is 0.343 e. The van der Waals surface area contributed by atoms with Crippen LogP contribution in [-0.2, 0) is 0 Å². The van der Waals surface area contributed by atoms with Crippen molar-refractivity contribution in [2.45, 2.75) is 0 Å². The highest BCUT2D eigenvalue weighted by Gasteiger charge is 2.15. The summed E-state index contributed by atoms with van der Waals surface area (Å²) in [6.07, 6.45) is 1.41. The Hall–Kier alpha value is -4.40. The van der Waals surface area contributed by atoms with Gasteiger partial charge in [0.05, 0.1) is 18.9 Å². The molecular formula is C24H19FN2O6. The van der Waals surface area contributed by atoms with Crippen LogP contribution in [0.2, 0.25) is 0 Å². The van der Waals surface area contributed by atoms with Gasteiger partial charge in [-0.15, -0.1) is 0 Å². The van der Waals surface area contributed by atoms with Gasteiger partial charge in [-0.2, -0.15) is 5.10 Å². The third-order valence-electron chi connectivity index (χ3n) is 4.63. The van der Waals surface area contributed by atoms with Crippen molar-refractivity contribution in [3.05, 3.63) is 83.2 Å². The van der Waals surface area contributed by atoms with Gasteiger partial charge in [-0.1, -0.05) is 6.07 Å². The number of carbonyl (C=O) groups is 2. The molecule has 0 radical (unpaired) electrons. The predicted octanol–water partition coefficient (Wildman–Crippen LogP) is 3.59. The maximum absolute atomic E-state index is 13.3. The van der Waals surface area contributed by atoms with E-state index in [-0.39, 0.29) is 17.1 Å². The molecule has 1 aliphatic rings. The minimum atomic E-state index is -0.721. The molecule has 0 saturated carbocycles. The third-order valence-corrected chi connectivity index (χ3v) is 4.63. The number of carbonyl (C=O) groups excluding carboxylic acids is 2. The first kappa shape index (κ1) is 21.8. The van der Waals surface area contributed by atoms with Gasteiger partial charge in [0.1, 0.15) is 19.0 Å². The van der Waals surface area contributed by atoms with Gasteiger partial charge in [0.15, 0.2) is 23.0 Å². The van der Waals surface area contributed by atoms with Crippen molar-refractivity contribution in [3.8, 4) is 23.0 Å². The number of ether oxygens (including phenoxy) is 4. The average Bonchev–Trinajstić information content (AvgIpc) is 2.84. The molecule has 4 rings (SSSR count). The van der Waals surface area contributed by atoms with E-state index in [0.717, 1.165) is 6.07 Å². The molecule has 0 aromatic heterocycles. The minimum Gasteiger partial charge on any atom is -0.493 e. The van der Waals surface area contributed by atoms with E-state index >= 15 is 0 Å². The Labute approximate surface area is 188 Å². The number of benzene rings is 3. The fourth-order valence-corrected chi connectivity index (χ4v) is 3.04. The first-order chi connectivity index (χ1) is 16.0. The summed E-state index contributed by atoms with van der Waals surface area (Å²) < 4.78 is 34.8. The fourth-order valence-electron chi connectivity index (χ4n) is 3.04. The van der Waals surface area contributed by atoms with Crippen LogP contribution in [-0.4, -0.2) is 38.4 Å². The first-order valence-corrected chi connectivity index (χ1v) is 9.92. The van der Waals surface area contributed by atoms with Gasteiger partial charge < -0.3 is 18.9 Å². The van der Waals surface area contributed by atoms with E-state index in [4.69, 9.17) is 18.9 Å². The number of halogens is 1. The molecule has 8 nitrogen and oxygen atoms in total. The van der Waals surface area contributed by atoms with Crippen molar-refractivity contribution in [1.82, 2.24) is 5.43 Å². The lowest BCUT2D eigenvalue weighted by Gasteiger charge is -2.18. The topological polar surface area (TPSA) is 95.5 Å². The highest BCUT2D eigenvalue weighted by atomic mass is 19.1. The molecule has 0 aliphatic carbocycles. The SMILES string of the molecule is COc1cc(C=NNC(=O)c2ccc3c(c2)OCCO3)ccc1OC(=O)c1cccc(F)c1. The summed E-state index contributed by atoms with van der Waals surface area (Å²) in [5, 5.41) is 3.95. The van der Waals surface area contributed by atoms with Gasteiger partial charge in [-0.05, 0) is 60.2 Å². The van der Waals surface area contributed by atoms with Crippen LogP contribution in [0.25, 0.3) is 0 Å². The Morgan fingerprint density at radius 3 is 2.58 bits per heavy atom. The Balaban J connectivity index is 1.41. The molecule has 1 heterocycles. The molecule has 1 aliphatic heterocycles. The third kappa shape index (κ3) is 5.27. The highest BCUT2D eigenvalue weighted by Crippen LogP contribution is 2.31. The highest BCUT2D eigenvalue weighted by molar-refractivity contribution is 5.95. The molecule has 0 unspecified atom stereocenters. The molecule has 0 spiro atoms. The monoisotopic (exact) mass is 450 g/mol. The van der Waals surface area contributed by atoms with Gasteiger partial charge in [0.25, 0.3) is 5.91 Å². The summed E-state index contributed by atoms with van der Waals surface area (Å²) in [5.74, 6) is -0.165. The molecule has 168 valence electrons. The zero-order chi connectivity index (χ0) is 23.2. The zero-order valence-corrected chi connectivity index (χ0v) is 17.5. The molecule has 3 aromatic carbocycles. The summed E-state index contributed by atoms with van der Waals surface area (Å²) in [5.41, 5.74) is 3.46. The van der Waals surface area contributed by atoms with E-state index in [9.17, 15) is 14.0 Å². The van der Waals surface area contributed by atoms with Crippen molar-refractivity contribution >= 4 is 18.1 Å². The number of fused-ring (bicyclic) bond motifs is 1. The van der Waals surface area contributed by atoms with Gasteiger partial charge in [-0.25, -0.2) is 14.6 Å². The zero-order valence-electron chi connectivity index (χ0n) is 17.5. The number of nitrogens with zero attached hydrogens (tertiary/aromatic N) is 1. The van der Waals surface area contributed by atoms with Gasteiger partial charge in [0.2, 0.25) is 0 Å². The number of esters is 1. The van der Waals surface area contributed by atoms with Crippen LogP contribution in [0, 0.1) is 5.82 Å². The van der Waals surface area contributed by atoms with E-state index < -0.39 is 17.7 Å². The molecule has 33 heavy (non-hydrogen) atoms. The maximum atomic E-state index is 13.3. The molecule has 9 heteroatoms. The second kappa shape index (κ2) is 9.82. The molecular weight excluding hydrogens is 431 g/mol. The molecule has 0 saturated heterocycles. The normalized spacial score (nSPS) is 12.3. The van der Waals surface area contributed by atoms with Gasteiger partial charge in [-0.3, -0.25) is 4.79 Å². The second-order valence-corrected chi connectivity index (χ2v) is 6.87. The van der Waals surface area contributed by atoms with E-state index in [1.165, 1.54) is 37.6 Å². The van der Waals surface area contributed by atoms with Crippen LogP contribution in [0.3, 0.4) is 0 Å². The quantitative estimate of drug-likeness (QED) is 0.267. The predicted molar refractivity (Wildman–Crippen MR) is 117 cm³/mol. The number of hydrogen-bond donors (Lipinski definition) is 1. The Bertz CT molecular complexity index is 1230. The van der Waals surface area contributed by atoms with Crippen molar-refractivity contribution in [1.29, 1.82) is 0 Å². The summed E-state index contributed by atoms with van der Waals surface area (Å²) in [6, 6.07) is 14.8. The first-order valence-electron chi connectivity index (χ1n) is 9.92. The molecule has 3 aromatic rings. The van der Waals surface area contributed by atoms with Crippen molar-refractivity contribution in [2.24, 2.45) is 5.10 Å². The van der Waals surface area contributed by atoms with Crippen LogP contribution in [0.15, 0.2) is 65.8 Å². The van der Waals surface area contributed by atoms with E-state index in [1.54, 1.807) is 30.3 Å². The van der Waals surface area contributed by atoms with E-state index in [0.29, 0.717) is 35.8 Å². The van der Waals surface area contributed by atoms with Crippen molar-refractivity contribution in [3.63, 3.8) is 0 Å². The molecule has 1 amide bonds. The number of methoxy groups -OCH3 is 1. The smallest absolute Gasteiger partial charge is 0.343 e. The minimum absolute atomic E-state index is 0.0737. The number of hydrazone groups is 1. The van der Waals surface area contributed by atoms with Crippen LogP contribution >= 0.6 is 0 Å². The van der Waals surface area contributed by atoms with Crippen LogP contribution in [0.5, 0.6) is 23.0 Å². The standard InChI is InChI=1S/C24H19FN2O6/c1-30-21-11-15(5-7-20(21)33-24(29)17-3-2-4-18(25)12-17)14-26-27-23(28)16-6-8-19-22(13-16)32-10-9-31-19/h2-8,11-14H,9-10H2,1H3,(H,27,28). The molecule has 0 fully saturated rings. The van der Waals surface area contributed by atoms with E-state index in [1.807, 2.05) is 0 Å². The summed E-state index contributed by atoms with van der Waals surface area (Å²) in [4.78, 5) is 24.6. The Morgan fingerprint density at radius 2 is 1.79 bits per heavy atom. The van der Waals surface area contributed by atoms with Gasteiger partial charge in [0, 0.05) is 5.56 Å². The molecule has 0 atom stereocenters. The lowest BCUT2D eigenvalue weighted by Crippen LogP contribution is -2.19. The Kier molecular flexibility index (Phi) is 6.49. The van der Waals surface area contributed by atoms with Crippen LogP contribution in [0.1, 0.15) is 26.3 Å². The van der Waals surface area contributed by atoms with Crippen LogP contribution in [0.4, 0.5) is 4.39 Å². The summed E-state index contributed by atoms with van der Waals surface area (Å²) in [7, 11) is 1.42. The van der Waals surface area contributed by atoms with Crippen LogP contribution < -0.4 is 24.4 Å². The Morgan fingerprint density at radius 1 is 0.970 bits per heavy atom. The summed E-state index contributed by atoms with van der Waals surface area (Å²) in [6.45, 7) is 0.890. The largest absolute Gasteiger partial charge is 0.493 e.